The van der Waals surface area contributed by atoms with Gasteiger partial charge in [0.25, 0.3) is 0 Å². The molecule has 1 N–H and O–H groups in total. The van der Waals surface area contributed by atoms with Crippen LogP contribution in [0.2, 0.25) is 0 Å². The molecular formula is C15H17NO3. The molecule has 1 amide bonds. The summed E-state index contributed by atoms with van der Waals surface area (Å²) < 4.78 is 0. The molecule has 1 aliphatic rings. The summed E-state index contributed by atoms with van der Waals surface area (Å²) in [4.78, 5) is 24.7. The number of carbonyl (C=O) groups excluding carboxylic acids is 1. The Hall–Kier alpha value is -2.10. The van der Waals surface area contributed by atoms with Crippen LogP contribution in [0.25, 0.3) is 0 Å². The average Bonchev–Trinajstić information content (AvgIpc) is 3.19. The maximum Gasteiger partial charge on any atom is 0.307 e. The number of carboxylic acids is 1. The molecule has 4 nitrogen and oxygen atoms in total. The van der Waals surface area contributed by atoms with Crippen molar-refractivity contribution in [1.29, 1.82) is 0 Å². The van der Waals surface area contributed by atoms with E-state index in [0.29, 0.717) is 19.5 Å². The van der Waals surface area contributed by atoms with Crippen LogP contribution < -0.4 is 0 Å². The van der Waals surface area contributed by atoms with Crippen LogP contribution in [0.15, 0.2) is 43.0 Å². The van der Waals surface area contributed by atoms with Crippen LogP contribution in [-0.4, -0.2) is 28.4 Å². The molecule has 0 bridgehead atoms. The molecule has 0 spiro atoms. The van der Waals surface area contributed by atoms with Crippen molar-refractivity contribution in [3.8, 4) is 0 Å². The van der Waals surface area contributed by atoms with E-state index < -0.39 is 11.9 Å². The van der Waals surface area contributed by atoms with Gasteiger partial charge in [-0.15, -0.1) is 6.58 Å². The highest BCUT2D eigenvalue weighted by atomic mass is 16.4. The summed E-state index contributed by atoms with van der Waals surface area (Å²) in [6.45, 7) is 4.58. The third-order valence-electron chi connectivity index (χ3n) is 3.30. The lowest BCUT2D eigenvalue weighted by atomic mass is 10.2. The van der Waals surface area contributed by atoms with E-state index in [0.717, 1.165) is 5.56 Å². The Balaban J connectivity index is 2.02. The van der Waals surface area contributed by atoms with Crippen molar-refractivity contribution in [2.45, 2.75) is 13.0 Å². The Kier molecular flexibility index (Phi) is 4.00. The first-order valence-corrected chi connectivity index (χ1v) is 6.30. The molecular weight excluding hydrogens is 242 g/mol. The molecule has 1 fully saturated rings. The van der Waals surface area contributed by atoms with Crippen molar-refractivity contribution >= 4 is 11.9 Å². The lowest BCUT2D eigenvalue weighted by molar-refractivity contribution is -0.142. The van der Waals surface area contributed by atoms with E-state index in [-0.39, 0.29) is 11.8 Å². The van der Waals surface area contributed by atoms with E-state index in [1.165, 1.54) is 0 Å². The lowest BCUT2D eigenvalue weighted by Crippen LogP contribution is -2.32. The zero-order valence-corrected chi connectivity index (χ0v) is 10.7. The molecule has 1 aliphatic carbocycles. The van der Waals surface area contributed by atoms with Gasteiger partial charge in [-0.3, -0.25) is 9.59 Å². The van der Waals surface area contributed by atoms with Gasteiger partial charge in [0, 0.05) is 13.1 Å². The molecule has 2 rings (SSSR count). The van der Waals surface area contributed by atoms with E-state index in [4.69, 9.17) is 5.11 Å². The number of aliphatic carboxylic acids is 1. The Morgan fingerprint density at radius 2 is 2.00 bits per heavy atom. The first-order chi connectivity index (χ1) is 9.13. The molecule has 2 atom stereocenters. The summed E-state index contributed by atoms with van der Waals surface area (Å²) in [5, 5.41) is 8.88. The summed E-state index contributed by atoms with van der Waals surface area (Å²) in [5.41, 5.74) is 1.03. The summed E-state index contributed by atoms with van der Waals surface area (Å²) in [5.74, 6) is -1.83. The Morgan fingerprint density at radius 3 is 2.53 bits per heavy atom. The highest BCUT2D eigenvalue weighted by molar-refractivity contribution is 5.89. The van der Waals surface area contributed by atoms with E-state index in [9.17, 15) is 9.59 Å². The van der Waals surface area contributed by atoms with Gasteiger partial charge in [0.15, 0.2) is 0 Å². The number of carboxylic acid groups (broad SMARTS) is 1. The van der Waals surface area contributed by atoms with Crippen molar-refractivity contribution in [3.05, 3.63) is 48.6 Å². The number of hydrogen-bond acceptors (Lipinski definition) is 2. The number of carbonyl (C=O) groups is 2. The maximum absolute atomic E-state index is 12.2. The molecule has 2 unspecified atom stereocenters. The highest BCUT2D eigenvalue weighted by Gasteiger charge is 2.49. The van der Waals surface area contributed by atoms with Crippen LogP contribution >= 0.6 is 0 Å². The maximum atomic E-state index is 12.2. The predicted molar refractivity (Wildman–Crippen MR) is 71.3 cm³/mol. The number of amides is 1. The second-order valence-electron chi connectivity index (χ2n) is 4.78. The van der Waals surface area contributed by atoms with Crippen molar-refractivity contribution < 1.29 is 14.7 Å². The van der Waals surface area contributed by atoms with Crippen molar-refractivity contribution in [3.63, 3.8) is 0 Å². The normalized spacial score (nSPS) is 20.6. The highest BCUT2D eigenvalue weighted by Crippen LogP contribution is 2.40. The molecule has 4 heteroatoms. The van der Waals surface area contributed by atoms with Gasteiger partial charge in [-0.25, -0.2) is 0 Å². The number of benzene rings is 1. The van der Waals surface area contributed by atoms with Gasteiger partial charge in [-0.05, 0) is 12.0 Å². The average molecular weight is 259 g/mol. The fourth-order valence-corrected chi connectivity index (χ4v) is 2.17. The van der Waals surface area contributed by atoms with Crippen LogP contribution in [0.4, 0.5) is 0 Å². The quantitative estimate of drug-likeness (QED) is 0.794. The van der Waals surface area contributed by atoms with Crippen molar-refractivity contribution in [1.82, 2.24) is 4.90 Å². The molecule has 0 saturated heterocycles. The zero-order chi connectivity index (χ0) is 13.8. The number of nitrogens with zero attached hydrogens (tertiary/aromatic N) is 1. The van der Waals surface area contributed by atoms with E-state index in [1.807, 2.05) is 30.3 Å². The second kappa shape index (κ2) is 5.69. The van der Waals surface area contributed by atoms with E-state index in [2.05, 4.69) is 6.58 Å². The molecule has 1 aromatic rings. The third kappa shape index (κ3) is 3.22. The fourth-order valence-electron chi connectivity index (χ4n) is 2.17. The van der Waals surface area contributed by atoms with Gasteiger partial charge >= 0.3 is 5.97 Å². The van der Waals surface area contributed by atoms with Gasteiger partial charge in [-0.2, -0.15) is 0 Å². The Bertz CT molecular complexity index is 483. The van der Waals surface area contributed by atoms with Crippen LogP contribution in [0.3, 0.4) is 0 Å². The molecule has 19 heavy (non-hydrogen) atoms. The van der Waals surface area contributed by atoms with Gasteiger partial charge in [0.1, 0.15) is 0 Å². The van der Waals surface area contributed by atoms with Gasteiger partial charge in [-0.1, -0.05) is 36.4 Å². The predicted octanol–water partition coefficient (Wildman–Crippen LogP) is 1.92. The van der Waals surface area contributed by atoms with Crippen molar-refractivity contribution in [2.75, 3.05) is 6.54 Å². The Labute approximate surface area is 112 Å². The van der Waals surface area contributed by atoms with E-state index in [1.54, 1.807) is 11.0 Å². The lowest BCUT2D eigenvalue weighted by Gasteiger charge is -2.21. The summed E-state index contributed by atoms with van der Waals surface area (Å²) in [6, 6.07) is 9.66. The molecule has 0 aliphatic heterocycles. The third-order valence-corrected chi connectivity index (χ3v) is 3.30. The zero-order valence-electron chi connectivity index (χ0n) is 10.7. The standard InChI is InChI=1S/C15H17NO3/c1-2-8-16(10-11-6-4-3-5-7-11)14(17)12-9-13(12)15(18)19/h2-7,12-13H,1,8-10H2,(H,18,19). The summed E-state index contributed by atoms with van der Waals surface area (Å²) in [6.07, 6.45) is 2.12. The van der Waals surface area contributed by atoms with Crippen molar-refractivity contribution in [2.24, 2.45) is 11.8 Å². The molecule has 1 aromatic carbocycles. The topological polar surface area (TPSA) is 57.6 Å². The minimum atomic E-state index is -0.878. The molecule has 100 valence electrons. The van der Waals surface area contributed by atoms with Crippen LogP contribution in [-0.2, 0) is 16.1 Å². The first kappa shape index (κ1) is 13.3. The smallest absolute Gasteiger partial charge is 0.307 e. The minimum absolute atomic E-state index is 0.0869. The SMILES string of the molecule is C=CCN(Cc1ccccc1)C(=O)C1CC1C(=O)O. The number of hydrogen-bond donors (Lipinski definition) is 1. The van der Waals surface area contributed by atoms with Crippen LogP contribution in [0, 0.1) is 11.8 Å². The molecule has 0 aromatic heterocycles. The Morgan fingerprint density at radius 1 is 1.32 bits per heavy atom. The second-order valence-corrected chi connectivity index (χ2v) is 4.78. The molecule has 1 saturated carbocycles. The fraction of sp³-hybridized carbons (Fsp3) is 0.333. The number of rotatable bonds is 6. The molecule has 0 heterocycles. The van der Waals surface area contributed by atoms with Crippen LogP contribution in [0.5, 0.6) is 0 Å². The van der Waals surface area contributed by atoms with Gasteiger partial charge < -0.3 is 10.0 Å². The van der Waals surface area contributed by atoms with Crippen LogP contribution in [0.1, 0.15) is 12.0 Å². The summed E-state index contributed by atoms with van der Waals surface area (Å²) >= 11 is 0. The first-order valence-electron chi connectivity index (χ1n) is 6.30. The minimum Gasteiger partial charge on any atom is -0.481 e. The van der Waals surface area contributed by atoms with E-state index >= 15 is 0 Å². The van der Waals surface area contributed by atoms with Gasteiger partial charge in [0.05, 0.1) is 11.8 Å². The van der Waals surface area contributed by atoms with Gasteiger partial charge in [0.2, 0.25) is 5.91 Å². The summed E-state index contributed by atoms with van der Waals surface area (Å²) in [7, 11) is 0. The molecule has 0 radical (unpaired) electrons. The monoisotopic (exact) mass is 259 g/mol. The largest absolute Gasteiger partial charge is 0.481 e.